The number of fused-ring (bicyclic) bond motifs is 1. The first-order valence-electron chi connectivity index (χ1n) is 8.76. The van der Waals surface area contributed by atoms with Crippen molar-refractivity contribution in [2.45, 2.75) is 18.8 Å². The summed E-state index contributed by atoms with van der Waals surface area (Å²) >= 11 is 0. The number of benzene rings is 1. The standard InChI is InChI=1S/C19H19N7O/c20-11-25-8-1-2-14(10-25)19-24-15(16-17(21)23-7-9-26(16)19)12-3-5-13(6-4-12)18(22)27/h3-7,9,14H,1-2,8,10H2,(H2,21,23)(H2,22,27). The molecule has 0 bridgehead atoms. The van der Waals surface area contributed by atoms with Crippen LogP contribution in [0.5, 0.6) is 0 Å². The minimum atomic E-state index is -0.475. The molecule has 0 radical (unpaired) electrons. The van der Waals surface area contributed by atoms with Gasteiger partial charge in [-0.05, 0) is 25.0 Å². The monoisotopic (exact) mass is 361 g/mol. The summed E-state index contributed by atoms with van der Waals surface area (Å²) in [7, 11) is 0. The van der Waals surface area contributed by atoms with Crippen LogP contribution < -0.4 is 11.5 Å². The number of aromatic nitrogens is 3. The van der Waals surface area contributed by atoms with E-state index in [0.29, 0.717) is 23.6 Å². The van der Waals surface area contributed by atoms with Gasteiger partial charge in [0.1, 0.15) is 22.9 Å². The molecule has 3 heterocycles. The number of nitrogen functional groups attached to an aromatic ring is 1. The van der Waals surface area contributed by atoms with Crippen LogP contribution in [-0.4, -0.2) is 38.3 Å². The molecule has 1 atom stereocenters. The highest BCUT2D eigenvalue weighted by Gasteiger charge is 2.26. The van der Waals surface area contributed by atoms with Gasteiger partial charge >= 0.3 is 0 Å². The van der Waals surface area contributed by atoms with Crippen molar-refractivity contribution in [2.75, 3.05) is 18.8 Å². The van der Waals surface area contributed by atoms with Crippen molar-refractivity contribution in [2.24, 2.45) is 5.73 Å². The molecule has 1 aromatic carbocycles. The molecule has 0 spiro atoms. The van der Waals surface area contributed by atoms with Gasteiger partial charge in [-0.3, -0.25) is 9.20 Å². The number of hydrogen-bond acceptors (Lipinski definition) is 6. The molecular weight excluding hydrogens is 342 g/mol. The fourth-order valence-electron chi connectivity index (χ4n) is 3.65. The van der Waals surface area contributed by atoms with Crippen molar-refractivity contribution in [1.82, 2.24) is 19.3 Å². The molecular formula is C19H19N7O. The van der Waals surface area contributed by atoms with Crippen LogP contribution in [-0.2, 0) is 0 Å². The fourth-order valence-corrected chi connectivity index (χ4v) is 3.65. The van der Waals surface area contributed by atoms with Crippen LogP contribution in [0.4, 0.5) is 5.82 Å². The average Bonchev–Trinajstić information content (AvgIpc) is 3.09. The Bertz CT molecular complexity index is 1050. The number of nitrogens with two attached hydrogens (primary N) is 2. The number of rotatable bonds is 3. The molecule has 27 heavy (non-hydrogen) atoms. The predicted molar refractivity (Wildman–Crippen MR) is 101 cm³/mol. The lowest BCUT2D eigenvalue weighted by Gasteiger charge is -2.27. The number of imidazole rings is 1. The number of nitriles is 1. The summed E-state index contributed by atoms with van der Waals surface area (Å²) < 4.78 is 1.96. The number of piperidine rings is 1. The van der Waals surface area contributed by atoms with Gasteiger partial charge in [0, 0.05) is 42.5 Å². The second-order valence-electron chi connectivity index (χ2n) is 6.68. The van der Waals surface area contributed by atoms with Gasteiger partial charge in [0.15, 0.2) is 6.19 Å². The van der Waals surface area contributed by atoms with E-state index in [-0.39, 0.29) is 5.92 Å². The largest absolute Gasteiger partial charge is 0.382 e. The van der Waals surface area contributed by atoms with Gasteiger partial charge in [0.05, 0.1) is 0 Å². The lowest BCUT2D eigenvalue weighted by Crippen LogP contribution is -2.31. The highest BCUT2D eigenvalue weighted by molar-refractivity contribution is 5.94. The number of nitrogens with zero attached hydrogens (tertiary/aromatic N) is 5. The Kier molecular flexibility index (Phi) is 4.12. The Hall–Kier alpha value is -3.60. The van der Waals surface area contributed by atoms with Gasteiger partial charge in [-0.1, -0.05) is 12.1 Å². The second-order valence-corrected chi connectivity index (χ2v) is 6.68. The smallest absolute Gasteiger partial charge is 0.248 e. The van der Waals surface area contributed by atoms with E-state index in [9.17, 15) is 10.1 Å². The van der Waals surface area contributed by atoms with Crippen LogP contribution >= 0.6 is 0 Å². The van der Waals surface area contributed by atoms with Gasteiger partial charge in [-0.15, -0.1) is 0 Å². The number of hydrogen-bond donors (Lipinski definition) is 2. The quantitative estimate of drug-likeness (QED) is 0.684. The van der Waals surface area contributed by atoms with Crippen LogP contribution in [0.1, 0.15) is 34.9 Å². The van der Waals surface area contributed by atoms with E-state index in [2.05, 4.69) is 11.2 Å². The second kappa shape index (κ2) is 6.61. The van der Waals surface area contributed by atoms with Gasteiger partial charge in [-0.2, -0.15) is 5.26 Å². The summed E-state index contributed by atoms with van der Waals surface area (Å²) in [5.41, 5.74) is 14.2. The first kappa shape index (κ1) is 16.8. The summed E-state index contributed by atoms with van der Waals surface area (Å²) in [6.07, 6.45) is 7.63. The van der Waals surface area contributed by atoms with Crippen molar-refractivity contribution >= 4 is 17.2 Å². The summed E-state index contributed by atoms with van der Waals surface area (Å²) in [5, 5.41) is 9.25. The predicted octanol–water partition coefficient (Wildman–Crippen LogP) is 1.74. The van der Waals surface area contributed by atoms with Gasteiger partial charge in [0.2, 0.25) is 5.91 Å². The van der Waals surface area contributed by atoms with E-state index in [1.165, 1.54) is 0 Å². The highest BCUT2D eigenvalue weighted by Crippen LogP contribution is 2.33. The number of carbonyl (C=O) groups excluding carboxylic acids is 1. The SMILES string of the molecule is N#CN1CCCC(c2nc(-c3ccc(C(N)=O)cc3)c3c(N)nccn23)C1. The maximum absolute atomic E-state index is 11.3. The fraction of sp³-hybridized carbons (Fsp3) is 0.263. The van der Waals surface area contributed by atoms with Gasteiger partial charge in [0.25, 0.3) is 0 Å². The molecule has 1 fully saturated rings. The number of amides is 1. The van der Waals surface area contributed by atoms with E-state index < -0.39 is 5.91 Å². The van der Waals surface area contributed by atoms with Gasteiger partial charge in [-0.25, -0.2) is 9.97 Å². The maximum Gasteiger partial charge on any atom is 0.248 e. The van der Waals surface area contributed by atoms with Crippen LogP contribution in [0.3, 0.4) is 0 Å². The van der Waals surface area contributed by atoms with E-state index in [4.69, 9.17) is 16.5 Å². The summed E-state index contributed by atoms with van der Waals surface area (Å²) in [6.45, 7) is 1.42. The third-order valence-corrected chi connectivity index (χ3v) is 4.98. The molecule has 4 rings (SSSR count). The molecule has 1 unspecified atom stereocenters. The van der Waals surface area contributed by atoms with Crippen molar-refractivity contribution in [3.63, 3.8) is 0 Å². The first-order valence-corrected chi connectivity index (χ1v) is 8.76. The van der Waals surface area contributed by atoms with E-state index >= 15 is 0 Å². The number of primary amides is 1. The van der Waals surface area contributed by atoms with E-state index in [1.54, 1.807) is 35.4 Å². The molecule has 1 amide bonds. The molecule has 1 aliphatic heterocycles. The topological polar surface area (TPSA) is 126 Å². The Morgan fingerprint density at radius 2 is 2.07 bits per heavy atom. The molecule has 8 nitrogen and oxygen atoms in total. The third-order valence-electron chi connectivity index (χ3n) is 4.98. The van der Waals surface area contributed by atoms with Gasteiger partial charge < -0.3 is 16.4 Å². The summed E-state index contributed by atoms with van der Waals surface area (Å²) in [5.74, 6) is 0.912. The van der Waals surface area contributed by atoms with Crippen LogP contribution in [0.15, 0.2) is 36.7 Å². The Morgan fingerprint density at radius 3 is 2.78 bits per heavy atom. The molecule has 136 valence electrons. The zero-order chi connectivity index (χ0) is 19.0. The molecule has 0 saturated carbocycles. The molecule has 4 N–H and O–H groups in total. The van der Waals surface area contributed by atoms with Crippen molar-refractivity contribution in [3.05, 3.63) is 48.0 Å². The zero-order valence-corrected chi connectivity index (χ0v) is 14.7. The van der Waals surface area contributed by atoms with Crippen molar-refractivity contribution < 1.29 is 4.79 Å². The summed E-state index contributed by atoms with van der Waals surface area (Å²) in [6, 6.07) is 6.96. The first-order chi connectivity index (χ1) is 13.1. The lowest BCUT2D eigenvalue weighted by molar-refractivity contribution is 0.100. The number of carbonyl (C=O) groups is 1. The number of likely N-dealkylation sites (tertiary alicyclic amines) is 1. The van der Waals surface area contributed by atoms with Crippen molar-refractivity contribution in [1.29, 1.82) is 5.26 Å². The maximum atomic E-state index is 11.3. The highest BCUT2D eigenvalue weighted by atomic mass is 16.1. The zero-order valence-electron chi connectivity index (χ0n) is 14.7. The lowest BCUT2D eigenvalue weighted by atomic mass is 9.98. The number of anilines is 1. The Morgan fingerprint density at radius 1 is 1.30 bits per heavy atom. The van der Waals surface area contributed by atoms with Crippen molar-refractivity contribution in [3.8, 4) is 17.5 Å². The molecule has 8 heteroatoms. The minimum absolute atomic E-state index is 0.131. The molecule has 3 aromatic rings. The molecule has 1 saturated heterocycles. The minimum Gasteiger partial charge on any atom is -0.382 e. The third kappa shape index (κ3) is 2.93. The summed E-state index contributed by atoms with van der Waals surface area (Å²) in [4.78, 5) is 22.2. The van der Waals surface area contributed by atoms with Crippen LogP contribution in [0.2, 0.25) is 0 Å². The Balaban J connectivity index is 1.84. The molecule has 2 aromatic heterocycles. The van der Waals surface area contributed by atoms with E-state index in [0.717, 1.165) is 36.3 Å². The average molecular weight is 361 g/mol. The van der Waals surface area contributed by atoms with Crippen LogP contribution in [0.25, 0.3) is 16.8 Å². The van der Waals surface area contributed by atoms with E-state index in [1.807, 2.05) is 10.6 Å². The molecule has 0 aliphatic carbocycles. The van der Waals surface area contributed by atoms with Crippen LogP contribution in [0, 0.1) is 11.5 Å². The molecule has 1 aliphatic rings. The Labute approximate surface area is 156 Å². The normalized spacial score (nSPS) is 17.0.